The van der Waals surface area contributed by atoms with Gasteiger partial charge in [0, 0.05) is 5.56 Å². The number of hydrogen-bond acceptors (Lipinski definition) is 2. The van der Waals surface area contributed by atoms with Gasteiger partial charge in [0.15, 0.2) is 5.69 Å². The second-order valence-corrected chi connectivity index (χ2v) is 5.85. The number of aromatic nitrogens is 2. The van der Waals surface area contributed by atoms with Crippen LogP contribution in [-0.2, 0) is 5.54 Å². The van der Waals surface area contributed by atoms with E-state index in [2.05, 4.69) is 21.0 Å². The van der Waals surface area contributed by atoms with Crippen molar-refractivity contribution < 1.29 is 9.90 Å². The maximum Gasteiger partial charge on any atom is 0.356 e. The Kier molecular flexibility index (Phi) is 3.47. The van der Waals surface area contributed by atoms with Gasteiger partial charge < -0.3 is 5.11 Å². The van der Waals surface area contributed by atoms with E-state index in [1.165, 1.54) is 0 Å². The molecular weight excluding hydrogens is 272 g/mol. The highest BCUT2D eigenvalue weighted by Crippen LogP contribution is 2.31. The molecule has 1 aromatic heterocycles. The van der Waals surface area contributed by atoms with E-state index in [4.69, 9.17) is 5.11 Å². The zero-order valence-corrected chi connectivity index (χ0v) is 11.8. The zero-order chi connectivity index (χ0) is 12.7. The lowest BCUT2D eigenvalue weighted by Crippen LogP contribution is -2.23. The first kappa shape index (κ1) is 13.2. The molecule has 1 N–H and O–H groups in total. The monoisotopic (exact) mass is 288 g/mol. The van der Waals surface area contributed by atoms with Crippen LogP contribution < -0.4 is 0 Å². The van der Waals surface area contributed by atoms with Gasteiger partial charge in [-0.3, -0.25) is 4.68 Å². The first-order chi connectivity index (χ1) is 7.16. The summed E-state index contributed by atoms with van der Waals surface area (Å²) in [5, 5.41) is 13.3. The van der Waals surface area contributed by atoms with Crippen LogP contribution in [0.4, 0.5) is 0 Å². The standard InChI is InChI=1S/C11H17BrN2O2/c1-6(2)7-8(10(15)16)13-14(9(7)12)11(3,4)5/h6H,1-5H3,(H,15,16). The molecule has 0 aromatic carbocycles. The van der Waals surface area contributed by atoms with Gasteiger partial charge >= 0.3 is 5.97 Å². The van der Waals surface area contributed by atoms with Gasteiger partial charge in [-0.2, -0.15) is 5.10 Å². The summed E-state index contributed by atoms with van der Waals surface area (Å²) in [5.41, 5.74) is 0.648. The van der Waals surface area contributed by atoms with Crippen molar-refractivity contribution in [3.63, 3.8) is 0 Å². The molecule has 5 heteroatoms. The number of rotatable bonds is 2. The van der Waals surface area contributed by atoms with Gasteiger partial charge in [-0.25, -0.2) is 4.79 Å². The molecule has 1 heterocycles. The summed E-state index contributed by atoms with van der Waals surface area (Å²) >= 11 is 3.44. The van der Waals surface area contributed by atoms with E-state index in [0.717, 1.165) is 10.2 Å². The van der Waals surface area contributed by atoms with Crippen LogP contribution in [0.3, 0.4) is 0 Å². The fraction of sp³-hybridized carbons (Fsp3) is 0.636. The molecule has 0 saturated heterocycles. The Bertz CT molecular complexity index is 416. The van der Waals surface area contributed by atoms with Gasteiger partial charge in [0.25, 0.3) is 0 Å². The van der Waals surface area contributed by atoms with E-state index in [9.17, 15) is 4.79 Å². The Labute approximate surface area is 104 Å². The van der Waals surface area contributed by atoms with E-state index in [0.29, 0.717) is 0 Å². The van der Waals surface area contributed by atoms with Crippen LogP contribution in [0.2, 0.25) is 0 Å². The quantitative estimate of drug-likeness (QED) is 0.909. The molecule has 16 heavy (non-hydrogen) atoms. The topological polar surface area (TPSA) is 55.1 Å². The highest BCUT2D eigenvalue weighted by Gasteiger charge is 2.27. The minimum atomic E-state index is -0.979. The lowest BCUT2D eigenvalue weighted by molar-refractivity contribution is 0.0687. The van der Waals surface area contributed by atoms with E-state index in [-0.39, 0.29) is 17.2 Å². The number of nitrogens with zero attached hydrogens (tertiary/aromatic N) is 2. The molecule has 1 rings (SSSR count). The van der Waals surface area contributed by atoms with Crippen LogP contribution >= 0.6 is 15.9 Å². The Morgan fingerprint density at radius 2 is 1.94 bits per heavy atom. The van der Waals surface area contributed by atoms with Crippen molar-refractivity contribution in [2.24, 2.45) is 0 Å². The zero-order valence-electron chi connectivity index (χ0n) is 10.2. The van der Waals surface area contributed by atoms with Crippen molar-refractivity contribution in [3.05, 3.63) is 15.9 Å². The third kappa shape index (κ3) is 2.29. The third-order valence-electron chi connectivity index (χ3n) is 2.28. The molecule has 0 radical (unpaired) electrons. The summed E-state index contributed by atoms with van der Waals surface area (Å²) in [5.74, 6) is -0.857. The molecular formula is C11H17BrN2O2. The molecule has 4 nitrogen and oxygen atoms in total. The van der Waals surface area contributed by atoms with E-state index < -0.39 is 5.97 Å². The first-order valence-electron chi connectivity index (χ1n) is 5.18. The van der Waals surface area contributed by atoms with Crippen molar-refractivity contribution >= 4 is 21.9 Å². The smallest absolute Gasteiger partial charge is 0.356 e. The number of carboxylic acid groups (broad SMARTS) is 1. The number of carbonyl (C=O) groups is 1. The summed E-state index contributed by atoms with van der Waals surface area (Å²) in [4.78, 5) is 11.1. The molecule has 0 aliphatic heterocycles. The maximum absolute atomic E-state index is 11.1. The maximum atomic E-state index is 11.1. The van der Waals surface area contributed by atoms with Gasteiger partial charge in [-0.1, -0.05) is 13.8 Å². The lowest BCUT2D eigenvalue weighted by atomic mass is 10.0. The Hall–Kier alpha value is -0.840. The molecule has 90 valence electrons. The van der Waals surface area contributed by atoms with Crippen LogP contribution in [0, 0.1) is 0 Å². The molecule has 0 bridgehead atoms. The normalized spacial score (nSPS) is 12.2. The van der Waals surface area contributed by atoms with Crippen molar-refractivity contribution in [1.29, 1.82) is 0 Å². The fourth-order valence-corrected chi connectivity index (χ4v) is 2.78. The molecule has 0 aliphatic carbocycles. The summed E-state index contributed by atoms with van der Waals surface area (Å²) in [6.07, 6.45) is 0. The van der Waals surface area contributed by atoms with Crippen LogP contribution in [0.15, 0.2) is 4.60 Å². The third-order valence-corrected chi connectivity index (χ3v) is 3.04. The van der Waals surface area contributed by atoms with Crippen molar-refractivity contribution in [1.82, 2.24) is 9.78 Å². The molecule has 0 aliphatic rings. The van der Waals surface area contributed by atoms with Crippen molar-refractivity contribution in [3.8, 4) is 0 Å². The molecule has 0 atom stereocenters. The van der Waals surface area contributed by atoms with Gasteiger partial charge in [0.2, 0.25) is 0 Å². The summed E-state index contributed by atoms with van der Waals surface area (Å²) in [6, 6.07) is 0. The summed E-state index contributed by atoms with van der Waals surface area (Å²) < 4.78 is 2.47. The molecule has 0 spiro atoms. The minimum absolute atomic E-state index is 0.122. The highest BCUT2D eigenvalue weighted by atomic mass is 79.9. The SMILES string of the molecule is CC(C)c1c(C(=O)O)nn(C(C)(C)C)c1Br. The molecule has 0 saturated carbocycles. The van der Waals surface area contributed by atoms with Crippen LogP contribution in [0.1, 0.15) is 56.6 Å². The van der Waals surface area contributed by atoms with Crippen LogP contribution in [0.25, 0.3) is 0 Å². The average Bonchev–Trinajstić information content (AvgIpc) is 2.41. The van der Waals surface area contributed by atoms with E-state index >= 15 is 0 Å². The number of carboxylic acids is 1. The average molecular weight is 289 g/mol. The second-order valence-electron chi connectivity index (χ2n) is 5.10. The minimum Gasteiger partial charge on any atom is -0.476 e. The predicted octanol–water partition coefficient (Wildman–Crippen LogP) is 3.22. The molecule has 0 fully saturated rings. The Balaban J connectivity index is 3.48. The van der Waals surface area contributed by atoms with Crippen LogP contribution in [0.5, 0.6) is 0 Å². The number of hydrogen-bond donors (Lipinski definition) is 1. The van der Waals surface area contributed by atoms with E-state index in [1.54, 1.807) is 4.68 Å². The molecule has 0 unspecified atom stereocenters. The van der Waals surface area contributed by atoms with Gasteiger partial charge in [-0.05, 0) is 42.6 Å². The van der Waals surface area contributed by atoms with Crippen molar-refractivity contribution in [2.75, 3.05) is 0 Å². The van der Waals surface area contributed by atoms with Crippen LogP contribution in [-0.4, -0.2) is 20.9 Å². The second kappa shape index (κ2) is 4.20. The Morgan fingerprint density at radius 1 is 1.44 bits per heavy atom. The van der Waals surface area contributed by atoms with E-state index in [1.807, 2.05) is 34.6 Å². The van der Waals surface area contributed by atoms with Gasteiger partial charge in [-0.15, -0.1) is 0 Å². The van der Waals surface area contributed by atoms with Gasteiger partial charge in [0.05, 0.1) is 5.54 Å². The lowest BCUT2D eigenvalue weighted by Gasteiger charge is -2.20. The summed E-state index contributed by atoms with van der Waals surface area (Å²) in [7, 11) is 0. The highest BCUT2D eigenvalue weighted by molar-refractivity contribution is 9.10. The largest absolute Gasteiger partial charge is 0.476 e. The van der Waals surface area contributed by atoms with Crippen molar-refractivity contribution in [2.45, 2.75) is 46.1 Å². The number of aromatic carboxylic acids is 1. The first-order valence-corrected chi connectivity index (χ1v) is 5.97. The number of halogens is 1. The fourth-order valence-electron chi connectivity index (χ4n) is 1.52. The molecule has 1 aromatic rings. The Morgan fingerprint density at radius 3 is 2.19 bits per heavy atom. The predicted molar refractivity (Wildman–Crippen MR) is 66.0 cm³/mol. The summed E-state index contributed by atoms with van der Waals surface area (Å²) in [6.45, 7) is 9.88. The molecule has 0 amide bonds. The van der Waals surface area contributed by atoms with Gasteiger partial charge in [0.1, 0.15) is 4.60 Å².